The molecule has 0 saturated heterocycles. The number of furan rings is 1. The standard InChI is InChI=1S/C23H19ClN2O3/c1-14-5-8-16(9-6-14)20-21(25-17-10-7-15(2)19(24)12-17)23(28)26(22(20)27)13-18-4-3-11-29-18/h3-12,25H,13H2,1-2H3. The minimum absolute atomic E-state index is 0.0693. The van der Waals surface area contributed by atoms with Crippen LogP contribution >= 0.6 is 11.6 Å². The highest BCUT2D eigenvalue weighted by molar-refractivity contribution is 6.36. The van der Waals surface area contributed by atoms with Crippen LogP contribution in [0.1, 0.15) is 22.5 Å². The average Bonchev–Trinajstić information content (AvgIpc) is 3.29. The summed E-state index contributed by atoms with van der Waals surface area (Å²) in [7, 11) is 0. The van der Waals surface area contributed by atoms with Crippen molar-refractivity contribution in [3.05, 3.63) is 94.0 Å². The number of hydrogen-bond donors (Lipinski definition) is 1. The number of amides is 2. The van der Waals surface area contributed by atoms with E-state index in [4.69, 9.17) is 16.0 Å². The largest absolute Gasteiger partial charge is 0.467 e. The van der Waals surface area contributed by atoms with E-state index in [-0.39, 0.29) is 18.1 Å². The highest BCUT2D eigenvalue weighted by Crippen LogP contribution is 2.32. The van der Waals surface area contributed by atoms with Gasteiger partial charge in [0.05, 0.1) is 18.4 Å². The third-order valence-corrected chi connectivity index (χ3v) is 5.25. The van der Waals surface area contributed by atoms with Gasteiger partial charge in [-0.05, 0) is 49.2 Å². The van der Waals surface area contributed by atoms with Crippen LogP contribution in [0.15, 0.2) is 71.0 Å². The van der Waals surface area contributed by atoms with Crippen LogP contribution in [0.5, 0.6) is 0 Å². The number of hydrogen-bond acceptors (Lipinski definition) is 4. The topological polar surface area (TPSA) is 62.6 Å². The summed E-state index contributed by atoms with van der Waals surface area (Å²) in [6.07, 6.45) is 1.52. The molecule has 1 N–H and O–H groups in total. The fourth-order valence-corrected chi connectivity index (χ4v) is 3.38. The van der Waals surface area contributed by atoms with Crippen molar-refractivity contribution in [3.63, 3.8) is 0 Å². The second-order valence-electron chi connectivity index (χ2n) is 6.98. The summed E-state index contributed by atoms with van der Waals surface area (Å²) in [6, 6.07) is 16.4. The van der Waals surface area contributed by atoms with Gasteiger partial charge in [0.1, 0.15) is 11.5 Å². The number of rotatable bonds is 5. The normalized spacial score (nSPS) is 14.1. The molecule has 2 heterocycles. The summed E-state index contributed by atoms with van der Waals surface area (Å²) >= 11 is 6.23. The number of aryl methyl sites for hydroxylation is 2. The van der Waals surface area contributed by atoms with E-state index in [1.165, 1.54) is 11.2 Å². The van der Waals surface area contributed by atoms with Gasteiger partial charge >= 0.3 is 0 Å². The van der Waals surface area contributed by atoms with Gasteiger partial charge in [-0.2, -0.15) is 0 Å². The molecule has 0 spiro atoms. The molecule has 4 rings (SSSR count). The van der Waals surface area contributed by atoms with Crippen molar-refractivity contribution in [1.82, 2.24) is 4.90 Å². The second kappa shape index (κ2) is 7.60. The first-order valence-electron chi connectivity index (χ1n) is 9.17. The molecule has 0 fully saturated rings. The predicted molar refractivity (Wildman–Crippen MR) is 112 cm³/mol. The second-order valence-corrected chi connectivity index (χ2v) is 7.39. The summed E-state index contributed by atoms with van der Waals surface area (Å²) in [4.78, 5) is 27.5. The molecule has 0 atom stereocenters. The fourth-order valence-electron chi connectivity index (χ4n) is 3.20. The van der Waals surface area contributed by atoms with Crippen molar-refractivity contribution in [2.24, 2.45) is 0 Å². The van der Waals surface area contributed by atoms with Crippen LogP contribution in [0.4, 0.5) is 5.69 Å². The van der Waals surface area contributed by atoms with Crippen molar-refractivity contribution in [2.75, 3.05) is 5.32 Å². The molecule has 0 saturated carbocycles. The van der Waals surface area contributed by atoms with Crippen LogP contribution in [0.25, 0.3) is 5.57 Å². The van der Waals surface area contributed by atoms with E-state index in [9.17, 15) is 9.59 Å². The van der Waals surface area contributed by atoms with E-state index in [0.717, 1.165) is 11.1 Å². The number of nitrogens with one attached hydrogen (secondary N) is 1. The van der Waals surface area contributed by atoms with Gasteiger partial charge in [0.2, 0.25) is 0 Å². The number of carbonyl (C=O) groups is 2. The van der Waals surface area contributed by atoms with Crippen LogP contribution in [-0.2, 0) is 16.1 Å². The van der Waals surface area contributed by atoms with E-state index < -0.39 is 5.91 Å². The van der Waals surface area contributed by atoms with E-state index in [1.54, 1.807) is 18.2 Å². The molecule has 3 aromatic rings. The summed E-state index contributed by atoms with van der Waals surface area (Å²) in [5.41, 5.74) is 3.87. The zero-order valence-electron chi connectivity index (χ0n) is 16.0. The predicted octanol–water partition coefficient (Wildman–Crippen LogP) is 4.94. The number of nitrogens with zero attached hydrogens (tertiary/aromatic N) is 1. The zero-order valence-corrected chi connectivity index (χ0v) is 16.8. The lowest BCUT2D eigenvalue weighted by Gasteiger charge is -2.14. The van der Waals surface area contributed by atoms with E-state index in [0.29, 0.717) is 27.6 Å². The molecule has 0 unspecified atom stereocenters. The fraction of sp³-hybridized carbons (Fsp3) is 0.130. The quantitative estimate of drug-likeness (QED) is 0.609. The van der Waals surface area contributed by atoms with Gasteiger partial charge in [0.15, 0.2) is 0 Å². The summed E-state index contributed by atoms with van der Waals surface area (Å²) in [5.74, 6) is -0.232. The van der Waals surface area contributed by atoms with Crippen molar-refractivity contribution in [3.8, 4) is 0 Å². The Morgan fingerprint density at radius 1 is 1.00 bits per heavy atom. The minimum Gasteiger partial charge on any atom is -0.467 e. The lowest BCUT2D eigenvalue weighted by Crippen LogP contribution is -2.31. The summed E-state index contributed by atoms with van der Waals surface area (Å²) < 4.78 is 5.33. The van der Waals surface area contributed by atoms with Crippen LogP contribution in [0.2, 0.25) is 5.02 Å². The molecule has 29 heavy (non-hydrogen) atoms. The van der Waals surface area contributed by atoms with E-state index >= 15 is 0 Å². The monoisotopic (exact) mass is 406 g/mol. The molecule has 5 nitrogen and oxygen atoms in total. The lowest BCUT2D eigenvalue weighted by molar-refractivity contribution is -0.137. The van der Waals surface area contributed by atoms with E-state index in [1.807, 2.05) is 50.2 Å². The molecule has 1 aliphatic rings. The molecule has 0 bridgehead atoms. The molecular formula is C23H19ClN2O3. The Bertz CT molecular complexity index is 1120. The van der Waals surface area contributed by atoms with Gasteiger partial charge < -0.3 is 9.73 Å². The van der Waals surface area contributed by atoms with Gasteiger partial charge in [-0.3, -0.25) is 14.5 Å². The molecule has 2 aromatic carbocycles. The highest BCUT2D eigenvalue weighted by Gasteiger charge is 2.39. The Hall–Kier alpha value is -3.31. The molecule has 0 aliphatic carbocycles. The Balaban J connectivity index is 1.76. The van der Waals surface area contributed by atoms with Crippen molar-refractivity contribution in [2.45, 2.75) is 20.4 Å². The maximum absolute atomic E-state index is 13.2. The van der Waals surface area contributed by atoms with Gasteiger partial charge in [-0.1, -0.05) is 47.5 Å². The number of carbonyl (C=O) groups excluding carboxylic acids is 2. The maximum Gasteiger partial charge on any atom is 0.278 e. The van der Waals surface area contributed by atoms with E-state index in [2.05, 4.69) is 5.32 Å². The molecular weight excluding hydrogens is 388 g/mol. The summed E-state index contributed by atoms with van der Waals surface area (Å²) in [6.45, 7) is 3.94. The van der Waals surface area contributed by atoms with Crippen molar-refractivity contribution in [1.29, 1.82) is 0 Å². The summed E-state index contributed by atoms with van der Waals surface area (Å²) in [5, 5.41) is 3.69. The SMILES string of the molecule is Cc1ccc(C2=C(Nc3ccc(C)c(Cl)c3)C(=O)N(Cc3ccco3)C2=O)cc1. The molecule has 0 radical (unpaired) electrons. The van der Waals surface area contributed by atoms with Crippen molar-refractivity contribution < 1.29 is 14.0 Å². The zero-order chi connectivity index (χ0) is 20.5. The van der Waals surface area contributed by atoms with Crippen molar-refractivity contribution >= 4 is 34.7 Å². The van der Waals surface area contributed by atoms with Gasteiger partial charge in [0.25, 0.3) is 11.8 Å². The third-order valence-electron chi connectivity index (χ3n) is 4.84. The number of halogens is 1. The Morgan fingerprint density at radius 2 is 1.76 bits per heavy atom. The first-order chi connectivity index (χ1) is 13.9. The Labute approximate surface area is 173 Å². The van der Waals surface area contributed by atoms with Gasteiger partial charge in [0, 0.05) is 10.7 Å². The Morgan fingerprint density at radius 3 is 2.41 bits per heavy atom. The lowest BCUT2D eigenvalue weighted by atomic mass is 10.0. The Kier molecular flexibility index (Phi) is 4.99. The average molecular weight is 407 g/mol. The van der Waals surface area contributed by atoms with Gasteiger partial charge in [-0.15, -0.1) is 0 Å². The maximum atomic E-state index is 13.2. The third kappa shape index (κ3) is 3.69. The van der Waals surface area contributed by atoms with Crippen LogP contribution in [0, 0.1) is 13.8 Å². The first-order valence-corrected chi connectivity index (χ1v) is 9.55. The number of anilines is 1. The number of benzene rings is 2. The van der Waals surface area contributed by atoms with Crippen LogP contribution in [-0.4, -0.2) is 16.7 Å². The molecule has 1 aromatic heterocycles. The highest BCUT2D eigenvalue weighted by atomic mass is 35.5. The minimum atomic E-state index is -0.404. The molecule has 2 amide bonds. The first kappa shape index (κ1) is 19.0. The number of imide groups is 1. The molecule has 146 valence electrons. The molecule has 1 aliphatic heterocycles. The smallest absolute Gasteiger partial charge is 0.278 e. The van der Waals surface area contributed by atoms with Crippen LogP contribution in [0.3, 0.4) is 0 Å². The van der Waals surface area contributed by atoms with Crippen LogP contribution < -0.4 is 5.32 Å². The molecule has 6 heteroatoms. The van der Waals surface area contributed by atoms with Gasteiger partial charge in [-0.25, -0.2) is 0 Å².